The lowest BCUT2D eigenvalue weighted by molar-refractivity contribution is 0.432. The lowest BCUT2D eigenvalue weighted by Crippen LogP contribution is -2.15. The quantitative estimate of drug-likeness (QED) is 0.770. The van der Waals surface area contributed by atoms with E-state index in [0.717, 1.165) is 36.4 Å². The Bertz CT molecular complexity index is 320. The molecule has 0 atom stereocenters. The second-order valence-corrected chi connectivity index (χ2v) is 5.22. The van der Waals surface area contributed by atoms with Crippen LogP contribution in [0.1, 0.15) is 55.9 Å². The van der Waals surface area contributed by atoms with Crippen LogP contribution in [0.4, 0.5) is 0 Å². The second kappa shape index (κ2) is 6.20. The van der Waals surface area contributed by atoms with Gasteiger partial charge in [-0.2, -0.15) is 0 Å². The minimum atomic E-state index is 0.763. The number of rotatable bonds is 6. The van der Waals surface area contributed by atoms with Crippen LogP contribution in [0.25, 0.3) is 0 Å². The molecule has 1 aromatic rings. The molecular weight excluding hydrogens is 212 g/mol. The highest BCUT2D eigenvalue weighted by atomic mass is 16.4. The molecule has 0 radical (unpaired) electrons. The van der Waals surface area contributed by atoms with Gasteiger partial charge < -0.3 is 9.73 Å². The highest BCUT2D eigenvalue weighted by Crippen LogP contribution is 2.28. The topological polar surface area (TPSA) is 38.1 Å². The number of hydrogen-bond donors (Lipinski definition) is 1. The van der Waals surface area contributed by atoms with E-state index in [-0.39, 0.29) is 0 Å². The van der Waals surface area contributed by atoms with E-state index in [9.17, 15) is 0 Å². The number of nitrogens with one attached hydrogen (secondary N) is 1. The summed E-state index contributed by atoms with van der Waals surface area (Å²) in [6.45, 7) is 5.80. The van der Waals surface area contributed by atoms with Gasteiger partial charge in [0, 0.05) is 0 Å². The molecule has 0 spiro atoms. The van der Waals surface area contributed by atoms with Gasteiger partial charge in [-0.3, -0.25) is 0 Å². The maximum atomic E-state index is 5.52. The van der Waals surface area contributed by atoms with E-state index in [0.29, 0.717) is 0 Å². The van der Waals surface area contributed by atoms with Crippen molar-refractivity contribution in [1.82, 2.24) is 10.3 Å². The number of nitrogens with zero attached hydrogens (tertiary/aromatic N) is 1. The third-order valence-electron chi connectivity index (χ3n) is 3.79. The van der Waals surface area contributed by atoms with Gasteiger partial charge in [0.15, 0.2) is 0 Å². The molecule has 0 amide bonds. The largest absolute Gasteiger partial charge is 0.444 e. The summed E-state index contributed by atoms with van der Waals surface area (Å²) >= 11 is 0. The normalized spacial score (nSPS) is 16.8. The molecule has 0 aliphatic heterocycles. The van der Waals surface area contributed by atoms with Gasteiger partial charge in [-0.05, 0) is 39.2 Å². The number of aryl methyl sites for hydroxylation is 2. The van der Waals surface area contributed by atoms with Gasteiger partial charge in [0.2, 0.25) is 5.89 Å². The first-order valence-electron chi connectivity index (χ1n) is 6.89. The van der Waals surface area contributed by atoms with E-state index in [4.69, 9.17) is 4.42 Å². The Labute approximate surface area is 104 Å². The average Bonchev–Trinajstić information content (AvgIpc) is 2.90. The predicted octanol–water partition coefficient (Wildman–Crippen LogP) is 3.35. The lowest BCUT2D eigenvalue weighted by Gasteiger charge is -2.08. The summed E-state index contributed by atoms with van der Waals surface area (Å²) in [6, 6.07) is 0. The molecule has 1 aliphatic carbocycles. The van der Waals surface area contributed by atoms with Crippen LogP contribution in [0.5, 0.6) is 0 Å². The highest BCUT2D eigenvalue weighted by molar-refractivity contribution is 5.04. The van der Waals surface area contributed by atoms with Crippen molar-refractivity contribution in [3.63, 3.8) is 0 Å². The molecule has 0 aromatic carbocycles. The van der Waals surface area contributed by atoms with Crippen molar-refractivity contribution >= 4 is 0 Å². The Hall–Kier alpha value is -0.830. The van der Waals surface area contributed by atoms with E-state index in [2.05, 4.69) is 10.3 Å². The maximum Gasteiger partial charge on any atom is 0.208 e. The molecule has 1 saturated carbocycles. The zero-order chi connectivity index (χ0) is 12.1. The van der Waals surface area contributed by atoms with E-state index in [1.54, 1.807) is 0 Å². The first-order valence-corrected chi connectivity index (χ1v) is 6.89. The molecular formula is C14H24N2O. The smallest absolute Gasteiger partial charge is 0.208 e. The summed E-state index contributed by atoms with van der Waals surface area (Å²) in [6.07, 6.45) is 8.48. The van der Waals surface area contributed by atoms with E-state index >= 15 is 0 Å². The summed E-state index contributed by atoms with van der Waals surface area (Å²) in [7, 11) is 0. The van der Waals surface area contributed by atoms with Gasteiger partial charge in [0.05, 0.1) is 12.2 Å². The van der Waals surface area contributed by atoms with Gasteiger partial charge >= 0.3 is 0 Å². The van der Waals surface area contributed by atoms with Crippen molar-refractivity contribution in [1.29, 1.82) is 0 Å². The summed E-state index contributed by atoms with van der Waals surface area (Å²) in [5.41, 5.74) is 1.01. The molecule has 0 unspecified atom stereocenters. The van der Waals surface area contributed by atoms with Gasteiger partial charge in [-0.1, -0.05) is 25.7 Å². The first-order chi connectivity index (χ1) is 8.25. The standard InChI is InChI=1S/C14H24N2O/c1-11-12(2)17-14(16-11)10-15-9-5-8-13-6-3-4-7-13/h13,15H,3-10H2,1-2H3. The molecule has 3 heteroatoms. The van der Waals surface area contributed by atoms with Crippen LogP contribution in [0.3, 0.4) is 0 Å². The fourth-order valence-corrected chi connectivity index (χ4v) is 2.62. The van der Waals surface area contributed by atoms with Crippen LogP contribution in [0, 0.1) is 19.8 Å². The molecule has 3 nitrogen and oxygen atoms in total. The van der Waals surface area contributed by atoms with E-state index in [1.165, 1.54) is 38.5 Å². The van der Waals surface area contributed by atoms with Crippen LogP contribution in [-0.4, -0.2) is 11.5 Å². The minimum Gasteiger partial charge on any atom is -0.444 e. The van der Waals surface area contributed by atoms with Gasteiger partial charge in [-0.15, -0.1) is 0 Å². The van der Waals surface area contributed by atoms with Crippen molar-refractivity contribution in [3.8, 4) is 0 Å². The lowest BCUT2D eigenvalue weighted by atomic mass is 10.0. The molecule has 0 saturated heterocycles. The Morgan fingerprint density at radius 1 is 1.29 bits per heavy atom. The van der Waals surface area contributed by atoms with Crippen molar-refractivity contribution in [2.24, 2.45) is 5.92 Å². The number of aromatic nitrogens is 1. The zero-order valence-electron chi connectivity index (χ0n) is 11.1. The fourth-order valence-electron chi connectivity index (χ4n) is 2.62. The monoisotopic (exact) mass is 236 g/mol. The molecule has 17 heavy (non-hydrogen) atoms. The second-order valence-electron chi connectivity index (χ2n) is 5.22. The maximum absolute atomic E-state index is 5.52. The summed E-state index contributed by atoms with van der Waals surface area (Å²) < 4.78 is 5.52. The van der Waals surface area contributed by atoms with E-state index < -0.39 is 0 Å². The molecule has 96 valence electrons. The van der Waals surface area contributed by atoms with Crippen molar-refractivity contribution in [3.05, 3.63) is 17.3 Å². The Morgan fingerprint density at radius 3 is 2.71 bits per heavy atom. The van der Waals surface area contributed by atoms with Gasteiger partial charge in [0.1, 0.15) is 5.76 Å². The van der Waals surface area contributed by atoms with Crippen molar-refractivity contribution in [2.75, 3.05) is 6.54 Å². The first kappa shape index (κ1) is 12.6. The molecule has 2 rings (SSSR count). The minimum absolute atomic E-state index is 0.763. The Morgan fingerprint density at radius 2 is 2.06 bits per heavy atom. The predicted molar refractivity (Wildman–Crippen MR) is 68.9 cm³/mol. The number of hydrogen-bond acceptors (Lipinski definition) is 3. The molecule has 1 N–H and O–H groups in total. The molecule has 1 fully saturated rings. The van der Waals surface area contributed by atoms with Crippen molar-refractivity contribution < 1.29 is 4.42 Å². The Kier molecular flexibility index (Phi) is 4.60. The molecule has 1 heterocycles. The van der Waals surface area contributed by atoms with Crippen LogP contribution >= 0.6 is 0 Å². The third kappa shape index (κ3) is 3.84. The van der Waals surface area contributed by atoms with Gasteiger partial charge in [-0.25, -0.2) is 4.98 Å². The fraction of sp³-hybridized carbons (Fsp3) is 0.786. The summed E-state index contributed by atoms with van der Waals surface area (Å²) in [4.78, 5) is 4.36. The third-order valence-corrected chi connectivity index (χ3v) is 3.79. The average molecular weight is 236 g/mol. The SMILES string of the molecule is Cc1nc(CNCCCC2CCCC2)oc1C. The van der Waals surface area contributed by atoms with Crippen LogP contribution in [0.2, 0.25) is 0 Å². The van der Waals surface area contributed by atoms with E-state index in [1.807, 2.05) is 13.8 Å². The Balaban J connectivity index is 1.56. The molecule has 0 bridgehead atoms. The highest BCUT2D eigenvalue weighted by Gasteiger charge is 2.13. The zero-order valence-corrected chi connectivity index (χ0v) is 11.1. The van der Waals surface area contributed by atoms with Crippen molar-refractivity contribution in [2.45, 2.75) is 58.9 Å². The number of oxazole rings is 1. The van der Waals surface area contributed by atoms with Crippen LogP contribution < -0.4 is 5.32 Å². The van der Waals surface area contributed by atoms with Gasteiger partial charge in [0.25, 0.3) is 0 Å². The summed E-state index contributed by atoms with van der Waals surface area (Å²) in [5, 5.41) is 3.41. The molecule has 1 aromatic heterocycles. The summed E-state index contributed by atoms with van der Waals surface area (Å²) in [5.74, 6) is 2.76. The molecule has 1 aliphatic rings. The van der Waals surface area contributed by atoms with Crippen LogP contribution in [0.15, 0.2) is 4.42 Å². The van der Waals surface area contributed by atoms with Crippen LogP contribution in [-0.2, 0) is 6.54 Å².